The number of halogens is 2. The molecule has 1 saturated heterocycles. The minimum absolute atomic E-state index is 0.128. The highest BCUT2D eigenvalue weighted by atomic mass is 79.9. The summed E-state index contributed by atoms with van der Waals surface area (Å²) in [5.41, 5.74) is 0. The summed E-state index contributed by atoms with van der Waals surface area (Å²) in [6.07, 6.45) is 4.98. The van der Waals surface area contributed by atoms with Gasteiger partial charge in [-0.3, -0.25) is 4.79 Å². The second kappa shape index (κ2) is 6.57. The van der Waals surface area contributed by atoms with E-state index in [-0.39, 0.29) is 11.9 Å². The van der Waals surface area contributed by atoms with Crippen LogP contribution in [0.25, 0.3) is 0 Å². The molecular formula is C13H17BrClN3O. The van der Waals surface area contributed by atoms with Crippen molar-refractivity contribution >= 4 is 39.3 Å². The molecule has 1 fully saturated rings. The van der Waals surface area contributed by atoms with Crippen LogP contribution in [-0.4, -0.2) is 34.9 Å². The molecule has 19 heavy (non-hydrogen) atoms. The van der Waals surface area contributed by atoms with E-state index in [2.05, 4.69) is 26.2 Å². The Morgan fingerprint density at radius 2 is 2.16 bits per heavy atom. The molecule has 1 aliphatic heterocycles. The summed E-state index contributed by atoms with van der Waals surface area (Å²) in [5, 5.41) is 3.69. The summed E-state index contributed by atoms with van der Waals surface area (Å²) in [6, 6.07) is 1.47. The molecule has 0 aromatic carbocycles. The zero-order valence-electron chi connectivity index (χ0n) is 10.8. The van der Waals surface area contributed by atoms with E-state index in [1.54, 1.807) is 12.3 Å². The summed E-state index contributed by atoms with van der Waals surface area (Å²) < 4.78 is 0.762. The van der Waals surface area contributed by atoms with Crippen molar-refractivity contribution in [1.82, 2.24) is 9.88 Å². The van der Waals surface area contributed by atoms with Gasteiger partial charge in [-0.25, -0.2) is 4.98 Å². The van der Waals surface area contributed by atoms with Crippen molar-refractivity contribution in [3.8, 4) is 0 Å². The van der Waals surface area contributed by atoms with Gasteiger partial charge in [0, 0.05) is 19.3 Å². The third-order valence-corrected chi connectivity index (χ3v) is 4.01. The average molecular weight is 347 g/mol. The highest BCUT2D eigenvalue weighted by molar-refractivity contribution is 9.10. The first-order valence-corrected chi connectivity index (χ1v) is 7.61. The molecule has 0 spiro atoms. The molecule has 1 atom stereocenters. The summed E-state index contributed by atoms with van der Waals surface area (Å²) in [4.78, 5) is 18.4. The highest BCUT2D eigenvalue weighted by Crippen LogP contribution is 2.24. The van der Waals surface area contributed by atoms with E-state index in [9.17, 15) is 4.79 Å². The molecule has 0 radical (unpaired) electrons. The van der Waals surface area contributed by atoms with Crippen molar-refractivity contribution in [1.29, 1.82) is 0 Å². The molecule has 1 amide bonds. The maximum atomic E-state index is 12.3. The Morgan fingerprint density at radius 1 is 1.47 bits per heavy atom. The van der Waals surface area contributed by atoms with Crippen molar-refractivity contribution in [2.45, 2.75) is 32.2 Å². The number of likely N-dealkylation sites (tertiary alicyclic amines) is 1. The lowest BCUT2D eigenvalue weighted by molar-refractivity contribution is -0.132. The van der Waals surface area contributed by atoms with Gasteiger partial charge in [-0.2, -0.15) is 0 Å². The summed E-state index contributed by atoms with van der Waals surface area (Å²) in [5.74, 6) is 0.769. The number of piperidine rings is 1. The van der Waals surface area contributed by atoms with Gasteiger partial charge < -0.3 is 10.2 Å². The zero-order valence-corrected chi connectivity index (χ0v) is 13.2. The molecule has 1 unspecified atom stereocenters. The number of carbonyl (C=O) groups excluding carboxylic acids is 1. The van der Waals surface area contributed by atoms with Crippen molar-refractivity contribution in [3.63, 3.8) is 0 Å². The molecule has 1 aromatic heterocycles. The van der Waals surface area contributed by atoms with E-state index >= 15 is 0 Å². The van der Waals surface area contributed by atoms with Crippen LogP contribution in [0.3, 0.4) is 0 Å². The molecule has 6 heteroatoms. The van der Waals surface area contributed by atoms with Crippen LogP contribution in [0, 0.1) is 0 Å². The van der Waals surface area contributed by atoms with Crippen LogP contribution < -0.4 is 5.32 Å². The number of hydrogen-bond acceptors (Lipinski definition) is 3. The van der Waals surface area contributed by atoms with Crippen LogP contribution in [0.4, 0.5) is 5.82 Å². The summed E-state index contributed by atoms with van der Waals surface area (Å²) in [6.45, 7) is 3.58. The van der Waals surface area contributed by atoms with Gasteiger partial charge in [0.15, 0.2) is 0 Å². The Kier molecular flexibility index (Phi) is 5.05. The van der Waals surface area contributed by atoms with Crippen LogP contribution in [0.1, 0.15) is 26.2 Å². The largest absolute Gasteiger partial charge is 0.358 e. The van der Waals surface area contributed by atoms with Gasteiger partial charge in [0.1, 0.15) is 11.9 Å². The summed E-state index contributed by atoms with van der Waals surface area (Å²) >= 11 is 9.23. The Balaban J connectivity index is 1.99. The number of carbonyl (C=O) groups is 1. The van der Waals surface area contributed by atoms with Crippen LogP contribution >= 0.6 is 27.5 Å². The number of nitrogens with one attached hydrogen (secondary N) is 1. The van der Waals surface area contributed by atoms with E-state index in [0.717, 1.165) is 30.4 Å². The van der Waals surface area contributed by atoms with E-state index < -0.39 is 0 Å². The van der Waals surface area contributed by atoms with Gasteiger partial charge in [-0.15, -0.1) is 0 Å². The minimum atomic E-state index is -0.289. The van der Waals surface area contributed by atoms with Crippen LogP contribution in [0.2, 0.25) is 5.02 Å². The number of aromatic nitrogens is 1. The first-order valence-electron chi connectivity index (χ1n) is 6.44. The number of hydrogen-bond donors (Lipinski definition) is 1. The Labute approximate surface area is 126 Å². The molecule has 4 nitrogen and oxygen atoms in total. The maximum absolute atomic E-state index is 12.3. The fourth-order valence-electron chi connectivity index (χ4n) is 2.18. The highest BCUT2D eigenvalue weighted by Gasteiger charge is 2.22. The van der Waals surface area contributed by atoms with Crippen LogP contribution in [0.15, 0.2) is 16.7 Å². The number of nitrogens with zero attached hydrogens (tertiary/aromatic N) is 2. The molecule has 0 saturated carbocycles. The first kappa shape index (κ1) is 14.6. The number of pyridine rings is 1. The molecule has 1 aliphatic rings. The molecule has 104 valence electrons. The number of amides is 1. The van der Waals surface area contributed by atoms with E-state index in [1.165, 1.54) is 6.42 Å². The lowest BCUT2D eigenvalue weighted by Gasteiger charge is -2.29. The SMILES string of the molecule is CC(Nc1ncc(Cl)cc1Br)C(=O)N1CCCCC1. The second-order valence-electron chi connectivity index (χ2n) is 4.74. The van der Waals surface area contributed by atoms with Crippen molar-refractivity contribution in [2.24, 2.45) is 0 Å². The van der Waals surface area contributed by atoms with Gasteiger partial charge in [0.2, 0.25) is 5.91 Å². The van der Waals surface area contributed by atoms with Crippen molar-refractivity contribution < 1.29 is 4.79 Å². The average Bonchev–Trinajstić information content (AvgIpc) is 2.42. The molecule has 0 bridgehead atoms. The third kappa shape index (κ3) is 3.83. The maximum Gasteiger partial charge on any atom is 0.244 e. The minimum Gasteiger partial charge on any atom is -0.358 e. The van der Waals surface area contributed by atoms with Crippen molar-refractivity contribution in [2.75, 3.05) is 18.4 Å². The molecule has 1 N–H and O–H groups in total. The predicted molar refractivity (Wildman–Crippen MR) is 80.5 cm³/mol. The molecule has 0 aliphatic carbocycles. The van der Waals surface area contributed by atoms with E-state index in [1.807, 2.05) is 11.8 Å². The van der Waals surface area contributed by atoms with Crippen molar-refractivity contribution in [3.05, 3.63) is 21.8 Å². The van der Waals surface area contributed by atoms with Crippen LogP contribution in [0.5, 0.6) is 0 Å². The lowest BCUT2D eigenvalue weighted by Crippen LogP contribution is -2.44. The van der Waals surface area contributed by atoms with E-state index in [0.29, 0.717) is 10.8 Å². The Hall–Kier alpha value is -0.810. The topological polar surface area (TPSA) is 45.2 Å². The first-order chi connectivity index (χ1) is 9.08. The van der Waals surface area contributed by atoms with Gasteiger partial charge in [0.25, 0.3) is 0 Å². The van der Waals surface area contributed by atoms with Gasteiger partial charge in [-0.1, -0.05) is 11.6 Å². The zero-order chi connectivity index (χ0) is 13.8. The smallest absolute Gasteiger partial charge is 0.244 e. The standard InChI is InChI=1S/C13H17BrClN3O/c1-9(13(19)18-5-3-2-4-6-18)17-12-11(14)7-10(15)8-16-12/h7-9H,2-6H2,1H3,(H,16,17). The second-order valence-corrected chi connectivity index (χ2v) is 6.03. The lowest BCUT2D eigenvalue weighted by atomic mass is 10.1. The van der Waals surface area contributed by atoms with Crippen LogP contribution in [-0.2, 0) is 4.79 Å². The fraction of sp³-hybridized carbons (Fsp3) is 0.538. The molecule has 1 aromatic rings. The van der Waals surface area contributed by atoms with E-state index in [4.69, 9.17) is 11.6 Å². The quantitative estimate of drug-likeness (QED) is 0.913. The molecule has 2 heterocycles. The fourth-order valence-corrected chi connectivity index (χ4v) is 2.93. The number of anilines is 1. The van der Waals surface area contributed by atoms with Gasteiger partial charge in [0.05, 0.1) is 9.50 Å². The summed E-state index contributed by atoms with van der Waals surface area (Å²) in [7, 11) is 0. The monoisotopic (exact) mass is 345 g/mol. The Morgan fingerprint density at radius 3 is 2.79 bits per heavy atom. The number of rotatable bonds is 3. The Bertz CT molecular complexity index is 463. The van der Waals surface area contributed by atoms with Gasteiger partial charge >= 0.3 is 0 Å². The molecule has 2 rings (SSSR count). The molecular weight excluding hydrogens is 330 g/mol. The predicted octanol–water partition coefficient (Wildman–Crippen LogP) is 3.31. The van der Waals surface area contributed by atoms with Gasteiger partial charge in [-0.05, 0) is 48.2 Å². The normalized spacial score (nSPS) is 17.1. The third-order valence-electron chi connectivity index (χ3n) is 3.20.